The van der Waals surface area contributed by atoms with Crippen LogP contribution in [-0.4, -0.2) is 28.9 Å². The van der Waals surface area contributed by atoms with Crippen molar-refractivity contribution in [3.05, 3.63) is 69.8 Å². The fourth-order valence-electron chi connectivity index (χ4n) is 3.59. The maximum atomic E-state index is 13.1. The SMILES string of the molecule is Cc1c(NC(=O)c2cc3ccccc3nc2N2CCCC2)cccc1[N+](=O)[O-]. The van der Waals surface area contributed by atoms with Gasteiger partial charge in [-0.15, -0.1) is 0 Å². The lowest BCUT2D eigenvalue weighted by molar-refractivity contribution is -0.385. The molecule has 142 valence electrons. The van der Waals surface area contributed by atoms with Crippen molar-refractivity contribution in [3.63, 3.8) is 0 Å². The van der Waals surface area contributed by atoms with Gasteiger partial charge in [0.25, 0.3) is 11.6 Å². The van der Waals surface area contributed by atoms with E-state index in [4.69, 9.17) is 4.98 Å². The van der Waals surface area contributed by atoms with E-state index < -0.39 is 4.92 Å². The largest absolute Gasteiger partial charge is 0.356 e. The molecule has 7 heteroatoms. The first-order valence-corrected chi connectivity index (χ1v) is 9.24. The van der Waals surface area contributed by atoms with E-state index in [1.165, 1.54) is 6.07 Å². The monoisotopic (exact) mass is 376 g/mol. The average molecular weight is 376 g/mol. The van der Waals surface area contributed by atoms with E-state index >= 15 is 0 Å². The molecule has 0 bridgehead atoms. The van der Waals surface area contributed by atoms with Crippen LogP contribution in [0.25, 0.3) is 10.9 Å². The minimum atomic E-state index is -0.446. The number of nitro groups is 1. The van der Waals surface area contributed by atoms with Crippen molar-refractivity contribution in [2.24, 2.45) is 0 Å². The first-order valence-electron chi connectivity index (χ1n) is 9.24. The Morgan fingerprint density at radius 3 is 2.64 bits per heavy atom. The van der Waals surface area contributed by atoms with Crippen LogP contribution in [0.4, 0.5) is 17.2 Å². The average Bonchev–Trinajstić information content (AvgIpc) is 3.23. The fraction of sp³-hybridized carbons (Fsp3) is 0.238. The number of nitrogens with zero attached hydrogens (tertiary/aromatic N) is 3. The number of carbonyl (C=O) groups is 1. The molecule has 3 aromatic rings. The second-order valence-electron chi connectivity index (χ2n) is 6.91. The highest BCUT2D eigenvalue weighted by atomic mass is 16.6. The number of carbonyl (C=O) groups excluding carboxylic acids is 1. The smallest absolute Gasteiger partial charge is 0.274 e. The van der Waals surface area contributed by atoms with Gasteiger partial charge in [-0.3, -0.25) is 14.9 Å². The summed E-state index contributed by atoms with van der Waals surface area (Å²) in [5.74, 6) is 0.348. The van der Waals surface area contributed by atoms with Gasteiger partial charge in [-0.1, -0.05) is 24.3 Å². The molecule has 2 heterocycles. The number of nitrogens with one attached hydrogen (secondary N) is 1. The quantitative estimate of drug-likeness (QED) is 0.542. The Morgan fingerprint density at radius 1 is 1.14 bits per heavy atom. The normalized spacial score (nSPS) is 13.7. The molecule has 28 heavy (non-hydrogen) atoms. The summed E-state index contributed by atoms with van der Waals surface area (Å²) in [7, 11) is 0. The predicted octanol–water partition coefficient (Wildman–Crippen LogP) is 4.30. The molecule has 1 aliphatic heterocycles. The third kappa shape index (κ3) is 3.26. The summed E-state index contributed by atoms with van der Waals surface area (Å²) >= 11 is 0. The van der Waals surface area contributed by atoms with Crippen LogP contribution in [0, 0.1) is 17.0 Å². The molecular weight excluding hydrogens is 356 g/mol. The number of aromatic nitrogens is 1. The van der Waals surface area contributed by atoms with E-state index in [0.29, 0.717) is 22.6 Å². The van der Waals surface area contributed by atoms with Gasteiger partial charge in [-0.05, 0) is 38.0 Å². The summed E-state index contributed by atoms with van der Waals surface area (Å²) in [4.78, 5) is 30.7. The number of hydrogen-bond donors (Lipinski definition) is 1. The van der Waals surface area contributed by atoms with E-state index in [0.717, 1.165) is 36.8 Å². The van der Waals surface area contributed by atoms with Crippen LogP contribution in [-0.2, 0) is 0 Å². The van der Waals surface area contributed by atoms with E-state index in [1.54, 1.807) is 19.1 Å². The zero-order valence-electron chi connectivity index (χ0n) is 15.5. The molecule has 0 aliphatic carbocycles. The highest BCUT2D eigenvalue weighted by Crippen LogP contribution is 2.29. The standard InChI is InChI=1S/C21H20N4O3/c1-14-17(9-6-10-19(14)25(27)28)23-21(26)16-13-15-7-2-3-8-18(15)22-20(16)24-11-4-5-12-24/h2-3,6-10,13H,4-5,11-12H2,1H3,(H,23,26). The molecule has 0 saturated carbocycles. The first-order chi connectivity index (χ1) is 13.5. The first kappa shape index (κ1) is 17.9. The number of para-hydroxylation sites is 1. The van der Waals surface area contributed by atoms with Crippen LogP contribution < -0.4 is 10.2 Å². The topological polar surface area (TPSA) is 88.4 Å². The summed E-state index contributed by atoms with van der Waals surface area (Å²) in [5, 5.41) is 14.9. The van der Waals surface area contributed by atoms with E-state index in [-0.39, 0.29) is 11.6 Å². The van der Waals surface area contributed by atoms with Crippen LogP contribution >= 0.6 is 0 Å². The number of nitro benzene ring substituents is 1. The van der Waals surface area contributed by atoms with Gasteiger partial charge >= 0.3 is 0 Å². The maximum Gasteiger partial charge on any atom is 0.274 e. The van der Waals surface area contributed by atoms with Crippen LogP contribution in [0.3, 0.4) is 0 Å². The molecule has 0 atom stereocenters. The molecule has 0 unspecified atom stereocenters. The third-order valence-electron chi connectivity index (χ3n) is 5.10. The van der Waals surface area contributed by atoms with E-state index in [2.05, 4.69) is 10.2 Å². The highest BCUT2D eigenvalue weighted by Gasteiger charge is 2.23. The minimum Gasteiger partial charge on any atom is -0.356 e. The number of pyridine rings is 1. The summed E-state index contributed by atoms with van der Waals surface area (Å²) in [6, 6.07) is 14.2. The van der Waals surface area contributed by atoms with Gasteiger partial charge in [-0.2, -0.15) is 0 Å². The molecule has 1 fully saturated rings. The molecular formula is C21H20N4O3. The van der Waals surface area contributed by atoms with Gasteiger partial charge in [-0.25, -0.2) is 4.98 Å². The summed E-state index contributed by atoms with van der Waals surface area (Å²) < 4.78 is 0. The van der Waals surface area contributed by atoms with Crippen LogP contribution in [0.15, 0.2) is 48.5 Å². The molecule has 7 nitrogen and oxygen atoms in total. The molecule has 1 aromatic heterocycles. The molecule has 1 N–H and O–H groups in total. The van der Waals surface area contributed by atoms with Crippen molar-refractivity contribution in [2.75, 3.05) is 23.3 Å². The Labute approximate surface area is 162 Å². The Balaban J connectivity index is 1.75. The summed E-state index contributed by atoms with van der Waals surface area (Å²) in [6.07, 6.45) is 2.14. The Hall–Kier alpha value is -3.48. The lowest BCUT2D eigenvalue weighted by Gasteiger charge is -2.20. The Bertz CT molecular complexity index is 1070. The second kappa shape index (κ2) is 7.26. The van der Waals surface area contributed by atoms with Crippen molar-refractivity contribution >= 4 is 34.0 Å². The Kier molecular flexibility index (Phi) is 4.65. The van der Waals surface area contributed by atoms with Gasteiger partial charge in [0.15, 0.2) is 0 Å². The molecule has 2 aromatic carbocycles. The van der Waals surface area contributed by atoms with Crippen LogP contribution in [0.1, 0.15) is 28.8 Å². The zero-order chi connectivity index (χ0) is 19.7. The minimum absolute atomic E-state index is 0.0193. The number of hydrogen-bond acceptors (Lipinski definition) is 5. The molecule has 1 saturated heterocycles. The molecule has 1 amide bonds. The predicted molar refractivity (Wildman–Crippen MR) is 109 cm³/mol. The van der Waals surface area contributed by atoms with E-state index in [1.807, 2.05) is 30.3 Å². The summed E-state index contributed by atoms with van der Waals surface area (Å²) in [5.41, 5.74) is 2.16. The van der Waals surface area contributed by atoms with Gasteiger partial charge in [0.1, 0.15) is 5.82 Å². The Morgan fingerprint density at radius 2 is 1.89 bits per heavy atom. The maximum absolute atomic E-state index is 13.1. The van der Waals surface area contributed by atoms with Crippen molar-refractivity contribution in [1.29, 1.82) is 0 Å². The lowest BCUT2D eigenvalue weighted by atomic mass is 10.1. The third-order valence-corrected chi connectivity index (χ3v) is 5.10. The van der Waals surface area contributed by atoms with Crippen molar-refractivity contribution in [2.45, 2.75) is 19.8 Å². The van der Waals surface area contributed by atoms with Crippen LogP contribution in [0.5, 0.6) is 0 Å². The van der Waals surface area contributed by atoms with Crippen molar-refractivity contribution in [1.82, 2.24) is 4.98 Å². The molecule has 4 rings (SSSR count). The number of rotatable bonds is 4. The van der Waals surface area contributed by atoms with Crippen LogP contribution in [0.2, 0.25) is 0 Å². The molecule has 0 spiro atoms. The number of anilines is 2. The van der Waals surface area contributed by atoms with Gasteiger partial charge in [0.05, 0.1) is 27.3 Å². The molecule has 1 aliphatic rings. The zero-order valence-corrected chi connectivity index (χ0v) is 15.5. The lowest BCUT2D eigenvalue weighted by Crippen LogP contribution is -2.24. The number of amides is 1. The van der Waals surface area contributed by atoms with Crippen molar-refractivity contribution < 1.29 is 9.72 Å². The molecule has 0 radical (unpaired) electrons. The van der Waals surface area contributed by atoms with E-state index in [9.17, 15) is 14.9 Å². The number of benzene rings is 2. The second-order valence-corrected chi connectivity index (χ2v) is 6.91. The fourth-order valence-corrected chi connectivity index (χ4v) is 3.59. The van der Waals surface area contributed by atoms with Gasteiger partial charge < -0.3 is 10.2 Å². The van der Waals surface area contributed by atoms with Gasteiger partial charge in [0, 0.05) is 24.5 Å². The summed E-state index contributed by atoms with van der Waals surface area (Å²) in [6.45, 7) is 3.36. The highest BCUT2D eigenvalue weighted by molar-refractivity contribution is 6.10. The number of fused-ring (bicyclic) bond motifs is 1. The van der Waals surface area contributed by atoms with Crippen molar-refractivity contribution in [3.8, 4) is 0 Å². The van der Waals surface area contributed by atoms with Gasteiger partial charge in [0.2, 0.25) is 0 Å².